The van der Waals surface area contributed by atoms with Crippen molar-refractivity contribution in [2.24, 2.45) is 5.92 Å². The predicted molar refractivity (Wildman–Crippen MR) is 72.2 cm³/mol. The fourth-order valence-corrected chi connectivity index (χ4v) is 3.39. The lowest BCUT2D eigenvalue weighted by Gasteiger charge is -2.27. The lowest BCUT2D eigenvalue weighted by Crippen LogP contribution is -2.44. The van der Waals surface area contributed by atoms with Gasteiger partial charge < -0.3 is 15.2 Å². The summed E-state index contributed by atoms with van der Waals surface area (Å²) in [5.74, 6) is 0.397. The van der Waals surface area contributed by atoms with E-state index in [1.54, 1.807) is 6.20 Å². The second-order valence-electron chi connectivity index (χ2n) is 5.68. The molecule has 2 saturated heterocycles. The molecule has 1 aromatic heterocycles. The van der Waals surface area contributed by atoms with Crippen molar-refractivity contribution in [1.29, 1.82) is 0 Å². The van der Waals surface area contributed by atoms with Crippen LogP contribution in [0.15, 0.2) is 17.1 Å². The quantitative estimate of drug-likeness (QED) is 0.774. The minimum atomic E-state index is -0.192. The average Bonchev–Trinajstić information content (AvgIpc) is 2.87. The van der Waals surface area contributed by atoms with Gasteiger partial charge in [-0.15, -0.1) is 0 Å². The number of nitrogens with one attached hydrogen (secondary N) is 2. The van der Waals surface area contributed by atoms with Gasteiger partial charge in [-0.2, -0.15) is 0 Å². The number of aromatic amines is 1. The number of amides is 1. The van der Waals surface area contributed by atoms with E-state index in [9.17, 15) is 9.59 Å². The third-order valence-corrected chi connectivity index (χ3v) is 4.30. The molecule has 2 N–H and O–H groups in total. The number of aromatic nitrogens is 1. The Kier molecular flexibility index (Phi) is 2.93. The molecular formula is C14H19N3O2. The zero-order valence-corrected chi connectivity index (χ0v) is 11.3. The zero-order chi connectivity index (χ0) is 13.6. The summed E-state index contributed by atoms with van der Waals surface area (Å²) in [6.07, 6.45) is 2.57. The van der Waals surface area contributed by atoms with Crippen molar-refractivity contribution in [3.05, 3.63) is 33.7 Å². The van der Waals surface area contributed by atoms with Crippen LogP contribution in [0.2, 0.25) is 0 Å². The monoisotopic (exact) mass is 261 g/mol. The number of hydrogen-bond donors (Lipinski definition) is 2. The summed E-state index contributed by atoms with van der Waals surface area (Å²) in [6, 6.07) is 1.94. The summed E-state index contributed by atoms with van der Waals surface area (Å²) in [7, 11) is 0. The number of fused-ring (bicyclic) bond motifs is 1. The van der Waals surface area contributed by atoms with Crippen LogP contribution in [0.3, 0.4) is 0 Å². The van der Waals surface area contributed by atoms with Crippen molar-refractivity contribution in [1.82, 2.24) is 15.2 Å². The van der Waals surface area contributed by atoms with Gasteiger partial charge in [0.2, 0.25) is 0 Å². The minimum absolute atomic E-state index is 0.134. The van der Waals surface area contributed by atoms with Crippen molar-refractivity contribution in [2.45, 2.75) is 32.4 Å². The molecule has 3 rings (SSSR count). The Bertz CT molecular complexity index is 566. The number of pyridine rings is 1. The van der Waals surface area contributed by atoms with Crippen molar-refractivity contribution in [3.63, 3.8) is 0 Å². The van der Waals surface area contributed by atoms with Gasteiger partial charge in [-0.25, -0.2) is 0 Å². The Balaban J connectivity index is 1.93. The second-order valence-corrected chi connectivity index (χ2v) is 5.68. The molecule has 3 heterocycles. The van der Waals surface area contributed by atoms with Crippen LogP contribution in [0, 0.1) is 12.8 Å². The summed E-state index contributed by atoms with van der Waals surface area (Å²) >= 11 is 0. The highest BCUT2D eigenvalue weighted by Gasteiger charge is 2.44. The Hall–Kier alpha value is -1.62. The van der Waals surface area contributed by atoms with Crippen LogP contribution in [-0.2, 0) is 0 Å². The molecule has 1 amide bonds. The molecule has 1 aromatic rings. The van der Waals surface area contributed by atoms with Gasteiger partial charge in [-0.05, 0) is 26.2 Å². The number of hydrogen-bond acceptors (Lipinski definition) is 3. The largest absolute Gasteiger partial charge is 0.364 e. The molecule has 3 unspecified atom stereocenters. The second kappa shape index (κ2) is 4.49. The molecule has 3 atom stereocenters. The van der Waals surface area contributed by atoms with Gasteiger partial charge in [0, 0.05) is 43.1 Å². The highest BCUT2D eigenvalue weighted by molar-refractivity contribution is 5.94. The van der Waals surface area contributed by atoms with E-state index in [2.05, 4.69) is 17.2 Å². The minimum Gasteiger partial charge on any atom is -0.364 e. The van der Waals surface area contributed by atoms with Crippen LogP contribution in [0.25, 0.3) is 0 Å². The predicted octanol–water partition coefficient (Wildman–Crippen LogP) is 0.506. The van der Waals surface area contributed by atoms with Gasteiger partial charge in [0.1, 0.15) is 5.56 Å². The molecule has 2 aliphatic heterocycles. The number of carbonyl (C=O) groups is 1. The Morgan fingerprint density at radius 3 is 2.95 bits per heavy atom. The van der Waals surface area contributed by atoms with E-state index in [-0.39, 0.29) is 29.0 Å². The lowest BCUT2D eigenvalue weighted by molar-refractivity contribution is 0.0680. The summed E-state index contributed by atoms with van der Waals surface area (Å²) in [5.41, 5.74) is 0.837. The van der Waals surface area contributed by atoms with E-state index < -0.39 is 0 Å². The maximum atomic E-state index is 12.6. The van der Waals surface area contributed by atoms with E-state index in [1.165, 1.54) is 6.07 Å². The normalized spacial score (nSPS) is 29.6. The maximum Gasteiger partial charge on any atom is 0.259 e. The van der Waals surface area contributed by atoms with Crippen molar-refractivity contribution >= 4 is 5.91 Å². The van der Waals surface area contributed by atoms with Crippen LogP contribution in [0.1, 0.15) is 29.4 Å². The van der Waals surface area contributed by atoms with Gasteiger partial charge in [0.15, 0.2) is 5.43 Å². The standard InChI is InChI=1S/C14H19N3O2/c1-8-3-13(18)11(6-16-8)14(19)17-9(2)4-10-5-15-7-12(10)17/h3,6,9-10,12,15H,4-5,7H2,1-2H3,(H,16,18). The molecule has 2 fully saturated rings. The zero-order valence-electron chi connectivity index (χ0n) is 11.3. The average molecular weight is 261 g/mol. The SMILES string of the molecule is Cc1cc(=O)c(C(=O)N2C(C)CC3CNCC32)c[nH]1. The third-order valence-electron chi connectivity index (χ3n) is 4.30. The molecule has 5 nitrogen and oxygen atoms in total. The van der Waals surface area contributed by atoms with Crippen molar-refractivity contribution in [2.75, 3.05) is 13.1 Å². The number of nitrogens with zero attached hydrogens (tertiary/aromatic N) is 1. The van der Waals surface area contributed by atoms with Crippen molar-refractivity contribution in [3.8, 4) is 0 Å². The smallest absolute Gasteiger partial charge is 0.259 e. The van der Waals surface area contributed by atoms with Crippen LogP contribution in [-0.4, -0.2) is 41.0 Å². The Labute approximate surface area is 112 Å². The molecule has 0 aromatic carbocycles. The van der Waals surface area contributed by atoms with E-state index >= 15 is 0 Å². The highest BCUT2D eigenvalue weighted by Crippen LogP contribution is 2.32. The van der Waals surface area contributed by atoms with Gasteiger partial charge in [0.05, 0.1) is 0 Å². The molecule has 2 aliphatic rings. The molecule has 5 heteroatoms. The number of H-pyrrole nitrogens is 1. The fourth-order valence-electron chi connectivity index (χ4n) is 3.39. The number of aryl methyl sites for hydroxylation is 1. The number of likely N-dealkylation sites (tertiary alicyclic amines) is 1. The van der Waals surface area contributed by atoms with E-state index in [0.717, 1.165) is 25.2 Å². The van der Waals surface area contributed by atoms with Crippen molar-refractivity contribution < 1.29 is 4.79 Å². The first-order valence-corrected chi connectivity index (χ1v) is 6.80. The first-order chi connectivity index (χ1) is 9.08. The fraction of sp³-hybridized carbons (Fsp3) is 0.571. The maximum absolute atomic E-state index is 12.6. The van der Waals surface area contributed by atoms with Gasteiger partial charge in [-0.3, -0.25) is 9.59 Å². The van der Waals surface area contributed by atoms with E-state index in [0.29, 0.717) is 5.92 Å². The van der Waals surface area contributed by atoms with Crippen LogP contribution < -0.4 is 10.7 Å². The summed E-state index contributed by atoms with van der Waals surface area (Å²) in [4.78, 5) is 29.4. The van der Waals surface area contributed by atoms with E-state index in [4.69, 9.17) is 0 Å². The van der Waals surface area contributed by atoms with Crippen LogP contribution >= 0.6 is 0 Å². The summed E-state index contributed by atoms with van der Waals surface area (Å²) < 4.78 is 0. The topological polar surface area (TPSA) is 65.2 Å². The molecular weight excluding hydrogens is 242 g/mol. The molecule has 19 heavy (non-hydrogen) atoms. The molecule has 0 spiro atoms. The third kappa shape index (κ3) is 1.98. The number of rotatable bonds is 1. The lowest BCUT2D eigenvalue weighted by atomic mass is 10.0. The molecule has 102 valence electrons. The Morgan fingerprint density at radius 2 is 2.21 bits per heavy atom. The van der Waals surface area contributed by atoms with E-state index in [1.807, 2.05) is 11.8 Å². The summed E-state index contributed by atoms with van der Waals surface area (Å²) in [6.45, 7) is 5.69. The van der Waals surface area contributed by atoms with Crippen LogP contribution in [0.4, 0.5) is 0 Å². The van der Waals surface area contributed by atoms with Gasteiger partial charge in [-0.1, -0.05) is 0 Å². The first kappa shape index (κ1) is 12.4. The van der Waals surface area contributed by atoms with Gasteiger partial charge in [0.25, 0.3) is 5.91 Å². The summed E-state index contributed by atoms with van der Waals surface area (Å²) in [5, 5.41) is 3.33. The Morgan fingerprint density at radius 1 is 1.42 bits per heavy atom. The van der Waals surface area contributed by atoms with Gasteiger partial charge >= 0.3 is 0 Å². The highest BCUT2D eigenvalue weighted by atomic mass is 16.2. The first-order valence-electron chi connectivity index (χ1n) is 6.80. The molecule has 0 radical (unpaired) electrons. The molecule has 0 bridgehead atoms. The molecule has 0 aliphatic carbocycles. The number of carbonyl (C=O) groups excluding carboxylic acids is 1. The van der Waals surface area contributed by atoms with Crippen LogP contribution in [0.5, 0.6) is 0 Å². The molecule has 0 saturated carbocycles.